The lowest BCUT2D eigenvalue weighted by Crippen LogP contribution is -2.28. The number of ether oxygens (including phenoxy) is 2. The van der Waals surface area contributed by atoms with E-state index in [9.17, 15) is 4.79 Å². The summed E-state index contributed by atoms with van der Waals surface area (Å²) in [5.41, 5.74) is 2.22. The molecule has 2 aliphatic carbocycles. The third-order valence-electron chi connectivity index (χ3n) is 3.08. The average molecular weight is 192 g/mol. The summed E-state index contributed by atoms with van der Waals surface area (Å²) in [6, 6.07) is 0. The molecule has 0 unspecified atom stereocenters. The monoisotopic (exact) mass is 192 g/mol. The van der Waals surface area contributed by atoms with Crippen molar-refractivity contribution in [2.45, 2.75) is 25.0 Å². The Labute approximate surface area is 82.4 Å². The van der Waals surface area contributed by atoms with Gasteiger partial charge in [-0.3, -0.25) is 4.79 Å². The predicted molar refractivity (Wildman–Crippen MR) is 49.7 cm³/mol. The van der Waals surface area contributed by atoms with Crippen LogP contribution in [-0.4, -0.2) is 24.8 Å². The van der Waals surface area contributed by atoms with Gasteiger partial charge in [0.05, 0.1) is 13.2 Å². The minimum Gasteiger partial charge on any atom is -0.343 e. The van der Waals surface area contributed by atoms with E-state index in [1.807, 2.05) is 6.08 Å². The summed E-state index contributed by atoms with van der Waals surface area (Å²) in [5, 5.41) is 0. The lowest BCUT2D eigenvalue weighted by atomic mass is 9.97. The summed E-state index contributed by atoms with van der Waals surface area (Å²) < 4.78 is 11.3. The number of rotatable bonds is 0. The van der Waals surface area contributed by atoms with E-state index >= 15 is 0 Å². The van der Waals surface area contributed by atoms with Gasteiger partial charge in [-0.1, -0.05) is 6.08 Å². The van der Waals surface area contributed by atoms with Gasteiger partial charge in [0.1, 0.15) is 0 Å². The van der Waals surface area contributed by atoms with Crippen molar-refractivity contribution in [3.63, 3.8) is 0 Å². The maximum Gasteiger partial charge on any atom is 0.195 e. The van der Waals surface area contributed by atoms with Gasteiger partial charge in [0.15, 0.2) is 11.6 Å². The molecule has 3 nitrogen and oxygen atoms in total. The molecule has 0 aromatic carbocycles. The van der Waals surface area contributed by atoms with Crippen LogP contribution in [0.3, 0.4) is 0 Å². The molecule has 0 aromatic rings. The third kappa shape index (κ3) is 1.03. The predicted octanol–water partition coefficient (Wildman–Crippen LogP) is 1.35. The van der Waals surface area contributed by atoms with Gasteiger partial charge in [-0.2, -0.15) is 0 Å². The lowest BCUT2D eigenvalue weighted by Gasteiger charge is -2.24. The van der Waals surface area contributed by atoms with Crippen LogP contribution >= 0.6 is 0 Å². The molecule has 1 saturated carbocycles. The molecule has 2 fully saturated rings. The van der Waals surface area contributed by atoms with Crippen LogP contribution in [0.5, 0.6) is 0 Å². The van der Waals surface area contributed by atoms with E-state index in [2.05, 4.69) is 0 Å². The van der Waals surface area contributed by atoms with Crippen molar-refractivity contribution in [3.8, 4) is 0 Å². The van der Waals surface area contributed by atoms with Crippen LogP contribution < -0.4 is 0 Å². The van der Waals surface area contributed by atoms with E-state index in [1.165, 1.54) is 0 Å². The first kappa shape index (κ1) is 8.38. The molecule has 3 rings (SSSR count). The average Bonchev–Trinajstić information content (AvgIpc) is 2.77. The Kier molecular flexibility index (Phi) is 1.66. The largest absolute Gasteiger partial charge is 0.343 e. The Hall–Kier alpha value is -0.930. The molecule has 14 heavy (non-hydrogen) atoms. The van der Waals surface area contributed by atoms with E-state index in [1.54, 1.807) is 6.08 Å². The van der Waals surface area contributed by atoms with E-state index in [0.717, 1.165) is 24.0 Å². The van der Waals surface area contributed by atoms with Gasteiger partial charge in [-0.05, 0) is 18.1 Å². The first-order valence-electron chi connectivity index (χ1n) is 5.02. The highest BCUT2D eigenvalue weighted by atomic mass is 16.7. The molecule has 3 heteroatoms. The van der Waals surface area contributed by atoms with Crippen molar-refractivity contribution >= 4 is 5.78 Å². The lowest BCUT2D eigenvalue weighted by molar-refractivity contribution is -0.120. The van der Waals surface area contributed by atoms with Gasteiger partial charge in [0.2, 0.25) is 0 Å². The van der Waals surface area contributed by atoms with Crippen molar-refractivity contribution in [2.24, 2.45) is 0 Å². The van der Waals surface area contributed by atoms with Crippen LogP contribution in [0.25, 0.3) is 0 Å². The van der Waals surface area contributed by atoms with Gasteiger partial charge in [0.25, 0.3) is 0 Å². The van der Waals surface area contributed by atoms with E-state index in [0.29, 0.717) is 19.6 Å². The topological polar surface area (TPSA) is 35.5 Å². The highest BCUT2D eigenvalue weighted by Gasteiger charge is 2.46. The molecule has 0 aromatic heterocycles. The zero-order valence-electron chi connectivity index (χ0n) is 7.91. The molecule has 1 saturated heterocycles. The van der Waals surface area contributed by atoms with Crippen LogP contribution in [0.15, 0.2) is 23.3 Å². The van der Waals surface area contributed by atoms with Crippen molar-refractivity contribution in [1.82, 2.24) is 0 Å². The Balaban J connectivity index is 2.00. The summed E-state index contributed by atoms with van der Waals surface area (Å²) in [6.07, 6.45) is 5.97. The number of allylic oxidation sites excluding steroid dienone is 2. The number of hydrogen-bond acceptors (Lipinski definition) is 3. The zero-order valence-corrected chi connectivity index (χ0v) is 7.91. The van der Waals surface area contributed by atoms with Gasteiger partial charge in [-0.15, -0.1) is 0 Å². The maximum atomic E-state index is 11.2. The second-order valence-corrected chi connectivity index (χ2v) is 3.91. The molecule has 1 spiro atoms. The molecule has 0 atom stereocenters. The van der Waals surface area contributed by atoms with E-state index in [-0.39, 0.29) is 5.78 Å². The molecular weight excluding hydrogens is 180 g/mol. The van der Waals surface area contributed by atoms with Crippen molar-refractivity contribution < 1.29 is 14.3 Å². The Bertz CT molecular complexity index is 346. The van der Waals surface area contributed by atoms with Gasteiger partial charge in [0, 0.05) is 18.4 Å². The number of ketones is 1. The van der Waals surface area contributed by atoms with Gasteiger partial charge < -0.3 is 9.47 Å². The Morgan fingerprint density at radius 2 is 2.07 bits per heavy atom. The summed E-state index contributed by atoms with van der Waals surface area (Å²) in [7, 11) is 0. The van der Waals surface area contributed by atoms with Gasteiger partial charge in [-0.25, -0.2) is 0 Å². The standard InChI is InChI=1S/C11H12O3/c12-9-1-2-10-8(7-9)3-4-11(10)13-5-6-14-11/h2,7H,1,3-6H2. The van der Waals surface area contributed by atoms with Crippen LogP contribution in [0.2, 0.25) is 0 Å². The van der Waals surface area contributed by atoms with Crippen molar-refractivity contribution in [2.75, 3.05) is 13.2 Å². The summed E-state index contributed by atoms with van der Waals surface area (Å²) in [5.74, 6) is -0.300. The first-order chi connectivity index (χ1) is 6.80. The van der Waals surface area contributed by atoms with E-state index in [4.69, 9.17) is 9.47 Å². The SMILES string of the molecule is O=C1C=C2CCC3(OCCO3)C2=CC1. The second kappa shape index (κ2) is 2.78. The third-order valence-corrected chi connectivity index (χ3v) is 3.08. The number of hydrogen-bond donors (Lipinski definition) is 0. The molecular formula is C11H12O3. The number of carbonyl (C=O) groups excluding carboxylic acids is 1. The zero-order chi connectivity index (χ0) is 9.60. The Morgan fingerprint density at radius 3 is 2.86 bits per heavy atom. The molecule has 0 N–H and O–H groups in total. The minimum atomic E-state index is -0.494. The number of fused-ring (bicyclic) bond motifs is 2. The Morgan fingerprint density at radius 1 is 1.29 bits per heavy atom. The molecule has 0 bridgehead atoms. The molecule has 0 amide bonds. The van der Waals surface area contributed by atoms with Gasteiger partial charge >= 0.3 is 0 Å². The summed E-state index contributed by atoms with van der Waals surface area (Å²) >= 11 is 0. The molecule has 3 aliphatic rings. The van der Waals surface area contributed by atoms with Crippen LogP contribution in [-0.2, 0) is 14.3 Å². The van der Waals surface area contributed by atoms with Crippen molar-refractivity contribution in [3.05, 3.63) is 23.3 Å². The van der Waals surface area contributed by atoms with Crippen LogP contribution in [0, 0.1) is 0 Å². The maximum absolute atomic E-state index is 11.2. The second-order valence-electron chi connectivity index (χ2n) is 3.91. The summed E-state index contributed by atoms with van der Waals surface area (Å²) in [4.78, 5) is 11.2. The van der Waals surface area contributed by atoms with Crippen LogP contribution in [0.1, 0.15) is 19.3 Å². The molecule has 0 radical (unpaired) electrons. The molecule has 74 valence electrons. The van der Waals surface area contributed by atoms with Crippen LogP contribution in [0.4, 0.5) is 0 Å². The highest BCUT2D eigenvalue weighted by molar-refractivity contribution is 5.94. The first-order valence-corrected chi connectivity index (χ1v) is 5.02. The summed E-state index contributed by atoms with van der Waals surface area (Å²) in [6.45, 7) is 1.33. The number of carbonyl (C=O) groups is 1. The fourth-order valence-electron chi connectivity index (χ4n) is 2.46. The quantitative estimate of drug-likeness (QED) is 0.581. The highest BCUT2D eigenvalue weighted by Crippen LogP contribution is 2.46. The fourth-order valence-corrected chi connectivity index (χ4v) is 2.46. The van der Waals surface area contributed by atoms with Crippen molar-refractivity contribution in [1.29, 1.82) is 0 Å². The minimum absolute atomic E-state index is 0.193. The molecule has 1 aliphatic heterocycles. The normalized spacial score (nSPS) is 29.0. The fraction of sp³-hybridized carbons (Fsp3) is 0.545. The molecule has 1 heterocycles. The smallest absolute Gasteiger partial charge is 0.195 e. The van der Waals surface area contributed by atoms with E-state index < -0.39 is 5.79 Å².